The van der Waals surface area contributed by atoms with Crippen LogP contribution in [0.2, 0.25) is 0 Å². The number of nitrogens with zero attached hydrogens (tertiary/aromatic N) is 3. The molecule has 0 radical (unpaired) electrons. The van der Waals surface area contributed by atoms with Gasteiger partial charge in [-0.1, -0.05) is 31.2 Å². The van der Waals surface area contributed by atoms with Gasteiger partial charge in [0.05, 0.1) is 16.8 Å². The van der Waals surface area contributed by atoms with E-state index in [4.69, 9.17) is 0 Å². The molecule has 0 aliphatic rings. The van der Waals surface area contributed by atoms with Crippen LogP contribution < -0.4 is 5.32 Å². The van der Waals surface area contributed by atoms with E-state index in [1.54, 1.807) is 11.6 Å². The van der Waals surface area contributed by atoms with Gasteiger partial charge in [0.2, 0.25) is 0 Å². The maximum Gasteiger partial charge on any atom is 0.311 e. The highest BCUT2D eigenvalue weighted by Crippen LogP contribution is 2.26. The summed E-state index contributed by atoms with van der Waals surface area (Å²) in [6, 6.07) is 7.73. The first-order valence-electron chi connectivity index (χ1n) is 8.35. The van der Waals surface area contributed by atoms with E-state index in [0.29, 0.717) is 18.5 Å². The number of rotatable bonds is 7. The molecular weight excluding hydrogens is 320 g/mol. The van der Waals surface area contributed by atoms with Gasteiger partial charge in [0.25, 0.3) is 5.91 Å². The molecular formula is C18H24N4O3. The van der Waals surface area contributed by atoms with Crippen molar-refractivity contribution in [1.29, 1.82) is 0 Å². The van der Waals surface area contributed by atoms with Crippen LogP contribution in [0.4, 0.5) is 0 Å². The lowest BCUT2D eigenvalue weighted by Gasteiger charge is -2.26. The lowest BCUT2D eigenvalue weighted by Crippen LogP contribution is -2.42. The van der Waals surface area contributed by atoms with Crippen LogP contribution in [0.5, 0.6) is 0 Å². The van der Waals surface area contributed by atoms with Crippen molar-refractivity contribution >= 4 is 11.9 Å². The predicted molar refractivity (Wildman–Crippen MR) is 93.8 cm³/mol. The van der Waals surface area contributed by atoms with E-state index in [1.807, 2.05) is 45.0 Å². The van der Waals surface area contributed by atoms with Crippen molar-refractivity contribution in [3.05, 3.63) is 41.2 Å². The number of aliphatic carboxylic acids is 1. The Morgan fingerprint density at radius 2 is 1.92 bits per heavy atom. The number of carboxylic acid groups (broad SMARTS) is 1. The fourth-order valence-corrected chi connectivity index (χ4v) is 2.76. The molecule has 134 valence electrons. The second-order valence-electron chi connectivity index (χ2n) is 6.25. The van der Waals surface area contributed by atoms with Gasteiger partial charge in [-0.2, -0.15) is 0 Å². The SMILES string of the molecule is CCC(CC)(CNC(=O)c1nnn(-c2cccc(C)c2)c1C)C(=O)O. The minimum Gasteiger partial charge on any atom is -0.481 e. The van der Waals surface area contributed by atoms with Crippen molar-refractivity contribution in [2.45, 2.75) is 40.5 Å². The van der Waals surface area contributed by atoms with E-state index in [9.17, 15) is 14.7 Å². The Labute approximate surface area is 147 Å². The van der Waals surface area contributed by atoms with Gasteiger partial charge in [0, 0.05) is 6.54 Å². The average Bonchev–Trinajstić information content (AvgIpc) is 2.97. The van der Waals surface area contributed by atoms with Gasteiger partial charge in [-0.05, 0) is 44.4 Å². The van der Waals surface area contributed by atoms with E-state index >= 15 is 0 Å². The highest BCUT2D eigenvalue weighted by atomic mass is 16.4. The number of carbonyl (C=O) groups excluding carboxylic acids is 1. The summed E-state index contributed by atoms with van der Waals surface area (Å²) in [6.45, 7) is 7.42. The van der Waals surface area contributed by atoms with Crippen LogP contribution in [0.3, 0.4) is 0 Å². The summed E-state index contributed by atoms with van der Waals surface area (Å²) < 4.78 is 1.60. The second-order valence-corrected chi connectivity index (χ2v) is 6.25. The molecule has 2 N–H and O–H groups in total. The smallest absolute Gasteiger partial charge is 0.311 e. The van der Waals surface area contributed by atoms with Gasteiger partial charge in [-0.3, -0.25) is 9.59 Å². The summed E-state index contributed by atoms with van der Waals surface area (Å²) in [5.41, 5.74) is 1.75. The van der Waals surface area contributed by atoms with Crippen LogP contribution in [-0.2, 0) is 4.79 Å². The predicted octanol–water partition coefficient (Wildman–Crippen LogP) is 2.50. The first-order valence-corrected chi connectivity index (χ1v) is 8.35. The van der Waals surface area contributed by atoms with Crippen LogP contribution in [-0.4, -0.2) is 38.5 Å². The van der Waals surface area contributed by atoms with Crippen molar-refractivity contribution in [2.75, 3.05) is 6.54 Å². The third kappa shape index (κ3) is 3.70. The summed E-state index contributed by atoms with van der Waals surface area (Å²) in [6.07, 6.45) is 0.877. The Morgan fingerprint density at radius 1 is 1.24 bits per heavy atom. The lowest BCUT2D eigenvalue weighted by molar-refractivity contribution is -0.149. The maximum absolute atomic E-state index is 12.5. The number of carbonyl (C=O) groups is 2. The van der Waals surface area contributed by atoms with E-state index in [2.05, 4.69) is 15.6 Å². The van der Waals surface area contributed by atoms with Gasteiger partial charge in [0.15, 0.2) is 5.69 Å². The van der Waals surface area contributed by atoms with Crippen molar-refractivity contribution in [3.63, 3.8) is 0 Å². The molecule has 0 aliphatic heterocycles. The van der Waals surface area contributed by atoms with Crippen LogP contribution in [0.15, 0.2) is 24.3 Å². The Balaban J connectivity index is 2.20. The molecule has 2 aromatic rings. The number of amides is 1. The van der Waals surface area contributed by atoms with Gasteiger partial charge in [-0.15, -0.1) is 5.10 Å². The van der Waals surface area contributed by atoms with Gasteiger partial charge >= 0.3 is 5.97 Å². The van der Waals surface area contributed by atoms with Crippen molar-refractivity contribution in [2.24, 2.45) is 5.41 Å². The van der Waals surface area contributed by atoms with Crippen molar-refractivity contribution in [1.82, 2.24) is 20.3 Å². The molecule has 0 bridgehead atoms. The monoisotopic (exact) mass is 344 g/mol. The summed E-state index contributed by atoms with van der Waals surface area (Å²) in [4.78, 5) is 24.0. The molecule has 0 fully saturated rings. The zero-order valence-electron chi connectivity index (χ0n) is 15.0. The third-order valence-corrected chi connectivity index (χ3v) is 4.75. The molecule has 2 rings (SSSR count). The first-order chi connectivity index (χ1) is 11.8. The van der Waals surface area contributed by atoms with Crippen molar-refractivity contribution < 1.29 is 14.7 Å². The third-order valence-electron chi connectivity index (χ3n) is 4.75. The summed E-state index contributed by atoms with van der Waals surface area (Å²) in [5, 5.41) is 20.2. The highest BCUT2D eigenvalue weighted by Gasteiger charge is 2.35. The quantitative estimate of drug-likeness (QED) is 0.804. The Bertz CT molecular complexity index is 778. The molecule has 0 unspecified atom stereocenters. The number of carboxylic acids is 1. The van der Waals surface area contributed by atoms with Gasteiger partial charge < -0.3 is 10.4 Å². The van der Waals surface area contributed by atoms with Crippen LogP contribution in [0, 0.1) is 19.3 Å². The van der Waals surface area contributed by atoms with Crippen LogP contribution >= 0.6 is 0 Å². The summed E-state index contributed by atoms with van der Waals surface area (Å²) in [7, 11) is 0. The number of hydrogen-bond acceptors (Lipinski definition) is 4. The summed E-state index contributed by atoms with van der Waals surface area (Å²) >= 11 is 0. The van der Waals surface area contributed by atoms with E-state index in [-0.39, 0.29) is 12.2 Å². The Hall–Kier alpha value is -2.70. The molecule has 0 saturated heterocycles. The molecule has 0 spiro atoms. The zero-order chi connectivity index (χ0) is 18.6. The number of hydrogen-bond donors (Lipinski definition) is 2. The zero-order valence-corrected chi connectivity index (χ0v) is 15.0. The molecule has 1 aromatic heterocycles. The normalized spacial score (nSPS) is 11.4. The largest absolute Gasteiger partial charge is 0.481 e. The molecule has 0 atom stereocenters. The van der Waals surface area contributed by atoms with E-state index in [0.717, 1.165) is 11.3 Å². The van der Waals surface area contributed by atoms with Crippen LogP contribution in [0.25, 0.3) is 5.69 Å². The number of nitrogens with one attached hydrogen (secondary N) is 1. The average molecular weight is 344 g/mol. The molecule has 25 heavy (non-hydrogen) atoms. The lowest BCUT2D eigenvalue weighted by atomic mass is 9.82. The van der Waals surface area contributed by atoms with E-state index < -0.39 is 17.3 Å². The molecule has 1 amide bonds. The van der Waals surface area contributed by atoms with Gasteiger partial charge in [-0.25, -0.2) is 4.68 Å². The number of benzene rings is 1. The van der Waals surface area contributed by atoms with E-state index in [1.165, 1.54) is 0 Å². The molecule has 7 nitrogen and oxygen atoms in total. The first kappa shape index (κ1) is 18.6. The molecule has 0 saturated carbocycles. The van der Waals surface area contributed by atoms with Crippen molar-refractivity contribution in [3.8, 4) is 5.69 Å². The highest BCUT2D eigenvalue weighted by molar-refractivity contribution is 5.93. The Kier molecular flexibility index (Phi) is 5.56. The fourth-order valence-electron chi connectivity index (χ4n) is 2.76. The minimum atomic E-state index is -0.962. The molecule has 1 heterocycles. The second kappa shape index (κ2) is 7.46. The Morgan fingerprint density at radius 3 is 2.48 bits per heavy atom. The summed E-state index contributed by atoms with van der Waals surface area (Å²) in [5.74, 6) is -1.32. The topological polar surface area (TPSA) is 97.1 Å². The van der Waals surface area contributed by atoms with Crippen LogP contribution in [0.1, 0.15) is 48.4 Å². The number of aryl methyl sites for hydroxylation is 1. The maximum atomic E-state index is 12.5. The number of aromatic nitrogens is 3. The minimum absolute atomic E-state index is 0.0604. The molecule has 1 aromatic carbocycles. The molecule has 7 heteroatoms. The standard InChI is InChI=1S/C18H24N4O3/c1-5-18(6-2,17(24)25)11-19-16(23)15-13(4)22(21-20-15)14-9-7-8-12(3)10-14/h7-10H,5-6,11H2,1-4H3,(H,19,23)(H,24,25). The fraction of sp³-hybridized carbons (Fsp3) is 0.444. The van der Waals surface area contributed by atoms with Gasteiger partial charge in [0.1, 0.15) is 0 Å². The molecule has 0 aliphatic carbocycles.